The Bertz CT molecular complexity index is 480. The summed E-state index contributed by atoms with van der Waals surface area (Å²) in [7, 11) is 0. The smallest absolute Gasteiger partial charge is 0.123 e. The van der Waals surface area contributed by atoms with Gasteiger partial charge in [0.2, 0.25) is 0 Å². The quantitative estimate of drug-likeness (QED) is 0.845. The molecule has 1 unspecified atom stereocenters. The lowest BCUT2D eigenvalue weighted by Crippen LogP contribution is -2.08. The van der Waals surface area contributed by atoms with E-state index in [2.05, 4.69) is 0 Å². The van der Waals surface area contributed by atoms with Gasteiger partial charge in [-0.3, -0.25) is 0 Å². The molecule has 0 spiro atoms. The largest absolute Gasteiger partial charge is 0.465 e. The molecule has 0 aliphatic heterocycles. The minimum absolute atomic E-state index is 0.0640. The second-order valence-corrected chi connectivity index (χ2v) is 5.02. The molecule has 2 rings (SSSR count). The number of nitrogens with two attached hydrogens (primary N) is 1. The van der Waals surface area contributed by atoms with Gasteiger partial charge in [0.1, 0.15) is 17.3 Å². The van der Waals surface area contributed by atoms with Crippen LogP contribution in [-0.2, 0) is 0 Å². The number of rotatable bonds is 4. The highest BCUT2D eigenvalue weighted by molar-refractivity contribution is 7.99. The number of thioether (sulfide) groups is 1. The predicted molar refractivity (Wildman–Crippen MR) is 67.5 cm³/mol. The fraction of sp³-hybridized carbons (Fsp3) is 0.231. The molecule has 0 aliphatic carbocycles. The maximum Gasteiger partial charge on any atom is 0.123 e. The monoisotopic (exact) mass is 251 g/mol. The van der Waals surface area contributed by atoms with Gasteiger partial charge >= 0.3 is 0 Å². The van der Waals surface area contributed by atoms with Gasteiger partial charge in [-0.15, -0.1) is 11.8 Å². The Balaban J connectivity index is 2.12. The van der Waals surface area contributed by atoms with Crippen LogP contribution in [0.2, 0.25) is 0 Å². The zero-order valence-corrected chi connectivity index (χ0v) is 10.3. The third kappa shape index (κ3) is 3.11. The van der Waals surface area contributed by atoms with Crippen molar-refractivity contribution in [3.63, 3.8) is 0 Å². The Kier molecular flexibility index (Phi) is 3.86. The van der Waals surface area contributed by atoms with Crippen LogP contribution in [0.1, 0.15) is 16.8 Å². The molecule has 1 atom stereocenters. The number of halogens is 1. The average molecular weight is 251 g/mol. The fourth-order valence-electron chi connectivity index (χ4n) is 1.53. The first-order valence-electron chi connectivity index (χ1n) is 5.37. The van der Waals surface area contributed by atoms with E-state index >= 15 is 0 Å². The Hall–Kier alpha value is -1.26. The highest BCUT2D eigenvalue weighted by Crippen LogP contribution is 2.35. The van der Waals surface area contributed by atoms with Gasteiger partial charge in [0.25, 0.3) is 0 Å². The van der Waals surface area contributed by atoms with Crippen LogP contribution in [0.15, 0.2) is 45.7 Å². The maximum absolute atomic E-state index is 12.8. The van der Waals surface area contributed by atoms with E-state index in [0.29, 0.717) is 6.54 Å². The van der Waals surface area contributed by atoms with Crippen LogP contribution in [0.5, 0.6) is 0 Å². The molecular formula is C13H14FNOS. The molecule has 2 aromatic rings. The molecule has 90 valence electrons. The van der Waals surface area contributed by atoms with Crippen LogP contribution in [0.25, 0.3) is 0 Å². The topological polar surface area (TPSA) is 39.2 Å². The zero-order valence-electron chi connectivity index (χ0n) is 9.52. The summed E-state index contributed by atoms with van der Waals surface area (Å²) in [6, 6.07) is 10.2. The molecule has 0 fully saturated rings. The first kappa shape index (κ1) is 12.2. The Labute approximate surface area is 104 Å². The van der Waals surface area contributed by atoms with Crippen molar-refractivity contribution in [2.24, 2.45) is 5.73 Å². The lowest BCUT2D eigenvalue weighted by molar-refractivity contribution is 0.481. The first-order chi connectivity index (χ1) is 8.19. The van der Waals surface area contributed by atoms with Crippen molar-refractivity contribution >= 4 is 11.8 Å². The van der Waals surface area contributed by atoms with Crippen LogP contribution >= 0.6 is 11.8 Å². The molecular weight excluding hydrogens is 237 g/mol. The summed E-state index contributed by atoms with van der Waals surface area (Å²) in [5, 5.41) is 0.0640. The van der Waals surface area contributed by atoms with E-state index in [0.717, 1.165) is 16.4 Å². The summed E-state index contributed by atoms with van der Waals surface area (Å²) in [4.78, 5) is 0.982. The van der Waals surface area contributed by atoms with Crippen molar-refractivity contribution in [2.75, 3.05) is 6.54 Å². The van der Waals surface area contributed by atoms with Crippen molar-refractivity contribution in [1.29, 1.82) is 0 Å². The summed E-state index contributed by atoms with van der Waals surface area (Å²) in [5.74, 6) is 1.50. The normalized spacial score (nSPS) is 12.6. The summed E-state index contributed by atoms with van der Waals surface area (Å²) in [6.07, 6.45) is 0. The highest BCUT2D eigenvalue weighted by Gasteiger charge is 2.14. The van der Waals surface area contributed by atoms with Crippen molar-refractivity contribution in [3.05, 3.63) is 53.7 Å². The molecule has 0 saturated heterocycles. The third-order valence-electron chi connectivity index (χ3n) is 2.38. The SMILES string of the molecule is Cc1ccc(C(CN)Sc2ccc(F)cc2)o1. The van der Waals surface area contributed by atoms with E-state index in [9.17, 15) is 4.39 Å². The molecule has 1 aromatic heterocycles. The Morgan fingerprint density at radius 3 is 2.47 bits per heavy atom. The van der Waals surface area contributed by atoms with E-state index in [-0.39, 0.29) is 11.1 Å². The fourth-order valence-corrected chi connectivity index (χ4v) is 2.49. The molecule has 4 heteroatoms. The number of furan rings is 1. The van der Waals surface area contributed by atoms with Crippen molar-refractivity contribution in [2.45, 2.75) is 17.1 Å². The van der Waals surface area contributed by atoms with E-state index in [1.807, 2.05) is 19.1 Å². The molecule has 0 aliphatic rings. The van der Waals surface area contributed by atoms with Gasteiger partial charge in [0.05, 0.1) is 5.25 Å². The van der Waals surface area contributed by atoms with E-state index < -0.39 is 0 Å². The van der Waals surface area contributed by atoms with Gasteiger partial charge in [-0.1, -0.05) is 0 Å². The van der Waals surface area contributed by atoms with E-state index in [1.165, 1.54) is 12.1 Å². The molecule has 2 nitrogen and oxygen atoms in total. The standard InChI is InChI=1S/C13H14FNOS/c1-9-2-7-12(16-9)13(8-15)17-11-5-3-10(14)4-6-11/h2-7,13H,8,15H2,1H3. The number of hydrogen-bond acceptors (Lipinski definition) is 3. The lowest BCUT2D eigenvalue weighted by atomic mass is 10.3. The predicted octanol–water partition coefficient (Wildman–Crippen LogP) is 3.52. The maximum atomic E-state index is 12.8. The minimum Gasteiger partial charge on any atom is -0.465 e. The van der Waals surface area contributed by atoms with Crippen LogP contribution in [0.3, 0.4) is 0 Å². The van der Waals surface area contributed by atoms with Gasteiger partial charge in [-0.2, -0.15) is 0 Å². The summed E-state index contributed by atoms with van der Waals surface area (Å²) >= 11 is 1.58. The summed E-state index contributed by atoms with van der Waals surface area (Å²) in [5.41, 5.74) is 5.74. The average Bonchev–Trinajstić information content (AvgIpc) is 2.75. The van der Waals surface area contributed by atoms with Crippen LogP contribution in [0.4, 0.5) is 4.39 Å². The summed E-state index contributed by atoms with van der Waals surface area (Å²) < 4.78 is 18.3. The Morgan fingerprint density at radius 2 is 1.94 bits per heavy atom. The molecule has 1 heterocycles. The molecule has 0 radical (unpaired) electrons. The summed E-state index contributed by atoms with van der Waals surface area (Å²) in [6.45, 7) is 2.38. The molecule has 0 saturated carbocycles. The zero-order chi connectivity index (χ0) is 12.3. The van der Waals surface area contributed by atoms with Gasteiger partial charge in [-0.25, -0.2) is 4.39 Å². The van der Waals surface area contributed by atoms with Crippen molar-refractivity contribution in [1.82, 2.24) is 0 Å². The van der Waals surface area contributed by atoms with Crippen LogP contribution in [0, 0.1) is 12.7 Å². The highest BCUT2D eigenvalue weighted by atomic mass is 32.2. The van der Waals surface area contributed by atoms with Crippen molar-refractivity contribution < 1.29 is 8.81 Å². The number of aryl methyl sites for hydroxylation is 1. The van der Waals surface area contributed by atoms with Gasteiger partial charge in [-0.05, 0) is 43.3 Å². The van der Waals surface area contributed by atoms with Crippen molar-refractivity contribution in [3.8, 4) is 0 Å². The van der Waals surface area contributed by atoms with Gasteiger partial charge < -0.3 is 10.2 Å². The first-order valence-corrected chi connectivity index (χ1v) is 6.25. The lowest BCUT2D eigenvalue weighted by Gasteiger charge is -2.11. The Morgan fingerprint density at radius 1 is 1.24 bits per heavy atom. The van der Waals surface area contributed by atoms with Crippen LogP contribution < -0.4 is 5.73 Å². The second kappa shape index (κ2) is 5.38. The van der Waals surface area contributed by atoms with Gasteiger partial charge in [0, 0.05) is 11.4 Å². The minimum atomic E-state index is -0.229. The van der Waals surface area contributed by atoms with E-state index in [1.54, 1.807) is 23.9 Å². The molecule has 0 amide bonds. The number of hydrogen-bond donors (Lipinski definition) is 1. The molecule has 2 N–H and O–H groups in total. The number of benzene rings is 1. The van der Waals surface area contributed by atoms with Gasteiger partial charge in [0.15, 0.2) is 0 Å². The van der Waals surface area contributed by atoms with E-state index in [4.69, 9.17) is 10.2 Å². The molecule has 17 heavy (non-hydrogen) atoms. The third-order valence-corrected chi connectivity index (χ3v) is 3.64. The van der Waals surface area contributed by atoms with Crippen LogP contribution in [-0.4, -0.2) is 6.54 Å². The second-order valence-electron chi connectivity index (χ2n) is 3.74. The molecule has 1 aromatic carbocycles. The molecule has 0 bridgehead atoms.